The van der Waals surface area contributed by atoms with Crippen LogP contribution in [0.2, 0.25) is 10.4 Å². The second-order valence-electron chi connectivity index (χ2n) is 3.52. The molecular weight excluding hydrogens is 227 g/mol. The summed E-state index contributed by atoms with van der Waals surface area (Å²) in [5, 5.41) is 0.783. The smallest absolute Gasteiger partial charge is 0.222 e. The quantitative estimate of drug-likeness (QED) is 0.509. The fourth-order valence-electron chi connectivity index (χ4n) is 1.63. The molecule has 13 heavy (non-hydrogen) atoms. The summed E-state index contributed by atoms with van der Waals surface area (Å²) in [5.41, 5.74) is 1.03. The van der Waals surface area contributed by atoms with Crippen molar-refractivity contribution in [3.8, 4) is 0 Å². The van der Waals surface area contributed by atoms with Crippen LogP contribution < -0.4 is 0 Å². The van der Waals surface area contributed by atoms with Crippen molar-refractivity contribution in [2.24, 2.45) is 0 Å². The molecule has 0 unspecified atom stereocenters. The molecular formula is C8H6Cl2N2S. The van der Waals surface area contributed by atoms with E-state index >= 15 is 0 Å². The maximum Gasteiger partial charge on any atom is 0.224 e. The molecule has 1 aliphatic heterocycles. The van der Waals surface area contributed by atoms with Gasteiger partial charge in [-0.2, -0.15) is 0 Å². The van der Waals surface area contributed by atoms with Crippen LogP contribution in [0.1, 0.15) is 18.5 Å². The fraction of sp³-hybridized carbons (Fsp3) is 0.500. The lowest BCUT2D eigenvalue weighted by atomic mass is 10.2. The Morgan fingerprint density at radius 3 is 2.69 bits per heavy atom. The first-order valence-corrected chi connectivity index (χ1v) is 5.67. The number of hydrogen-bond donors (Lipinski definition) is 0. The second kappa shape index (κ2) is 2.53. The molecule has 1 aromatic heterocycles. The van der Waals surface area contributed by atoms with Crippen LogP contribution in [0.25, 0.3) is 0 Å². The monoisotopic (exact) mass is 232 g/mol. The van der Waals surface area contributed by atoms with Gasteiger partial charge in [-0.25, -0.2) is 9.97 Å². The summed E-state index contributed by atoms with van der Waals surface area (Å²) in [4.78, 5) is 9.18. The van der Waals surface area contributed by atoms with Crippen molar-refractivity contribution in [1.82, 2.24) is 9.97 Å². The number of aromatic nitrogens is 2. The van der Waals surface area contributed by atoms with Crippen molar-refractivity contribution in [3.63, 3.8) is 0 Å². The number of nitrogens with zero attached hydrogens (tertiary/aromatic N) is 2. The fourth-order valence-corrected chi connectivity index (χ4v) is 3.48. The summed E-state index contributed by atoms with van der Waals surface area (Å²) in [6, 6.07) is 0. The van der Waals surface area contributed by atoms with Gasteiger partial charge in [0.05, 0.1) is 10.6 Å². The third-order valence-corrected chi connectivity index (χ3v) is 4.66. The predicted molar refractivity (Wildman–Crippen MR) is 53.6 cm³/mol. The van der Waals surface area contributed by atoms with Gasteiger partial charge in [0, 0.05) is 11.2 Å². The van der Waals surface area contributed by atoms with Crippen LogP contribution in [-0.2, 0) is 6.42 Å². The number of halogens is 2. The largest absolute Gasteiger partial charge is 0.224 e. The lowest BCUT2D eigenvalue weighted by Gasteiger charge is -1.99. The minimum Gasteiger partial charge on any atom is -0.222 e. The Morgan fingerprint density at radius 2 is 2.00 bits per heavy atom. The average molecular weight is 233 g/mol. The van der Waals surface area contributed by atoms with E-state index < -0.39 is 0 Å². The normalized spacial score (nSPS) is 22.0. The van der Waals surface area contributed by atoms with E-state index in [1.165, 1.54) is 12.8 Å². The zero-order valence-corrected chi connectivity index (χ0v) is 9.01. The summed E-state index contributed by atoms with van der Waals surface area (Å²) in [5.74, 6) is 0. The lowest BCUT2D eigenvalue weighted by molar-refractivity contribution is 0.857. The highest BCUT2D eigenvalue weighted by Gasteiger charge is 2.49. The van der Waals surface area contributed by atoms with Gasteiger partial charge in [0.15, 0.2) is 0 Å². The third-order valence-electron chi connectivity index (χ3n) is 2.48. The van der Waals surface area contributed by atoms with Gasteiger partial charge in [0.1, 0.15) is 5.15 Å². The maximum absolute atomic E-state index is 5.97. The number of rotatable bonds is 0. The van der Waals surface area contributed by atoms with Gasteiger partial charge < -0.3 is 0 Å². The molecule has 1 fully saturated rings. The SMILES string of the molecule is Clc1nc(Cl)c2c(n1)CC1(CC1)S2. The van der Waals surface area contributed by atoms with Crippen LogP contribution in [0.3, 0.4) is 0 Å². The zero-order chi connectivity index (χ0) is 9.05. The van der Waals surface area contributed by atoms with Crippen molar-refractivity contribution in [3.05, 3.63) is 16.1 Å². The molecule has 0 radical (unpaired) electrons. The van der Waals surface area contributed by atoms with E-state index in [1.54, 1.807) is 0 Å². The zero-order valence-electron chi connectivity index (χ0n) is 6.68. The Kier molecular flexibility index (Phi) is 1.62. The first-order valence-electron chi connectivity index (χ1n) is 4.09. The van der Waals surface area contributed by atoms with E-state index in [9.17, 15) is 0 Å². The van der Waals surface area contributed by atoms with E-state index in [0.717, 1.165) is 17.0 Å². The Labute approximate surface area is 90.0 Å². The van der Waals surface area contributed by atoms with Crippen molar-refractivity contribution < 1.29 is 0 Å². The van der Waals surface area contributed by atoms with Gasteiger partial charge >= 0.3 is 0 Å². The third kappa shape index (κ3) is 1.25. The summed E-state index contributed by atoms with van der Waals surface area (Å²) in [6.07, 6.45) is 3.54. The lowest BCUT2D eigenvalue weighted by Crippen LogP contribution is -1.99. The molecule has 1 aliphatic carbocycles. The Hall–Kier alpha value is 0.01000. The van der Waals surface area contributed by atoms with E-state index in [-0.39, 0.29) is 5.28 Å². The van der Waals surface area contributed by atoms with Crippen LogP contribution in [0.4, 0.5) is 0 Å². The molecule has 2 heterocycles. The van der Waals surface area contributed by atoms with Gasteiger partial charge in [-0.3, -0.25) is 0 Å². The van der Waals surface area contributed by atoms with Crippen LogP contribution in [0.5, 0.6) is 0 Å². The van der Waals surface area contributed by atoms with Gasteiger partial charge in [0.2, 0.25) is 5.28 Å². The van der Waals surface area contributed by atoms with E-state index in [2.05, 4.69) is 9.97 Å². The number of thioether (sulfide) groups is 1. The molecule has 0 aromatic carbocycles. The summed E-state index contributed by atoms with van der Waals surface area (Å²) < 4.78 is 0.408. The molecule has 1 aromatic rings. The molecule has 0 N–H and O–H groups in total. The van der Waals surface area contributed by atoms with E-state index in [1.807, 2.05) is 11.8 Å². The molecule has 2 nitrogen and oxygen atoms in total. The van der Waals surface area contributed by atoms with Gasteiger partial charge in [-0.15, -0.1) is 11.8 Å². The van der Waals surface area contributed by atoms with Crippen LogP contribution in [0.15, 0.2) is 4.90 Å². The number of fused-ring (bicyclic) bond motifs is 1. The van der Waals surface area contributed by atoms with Gasteiger partial charge in [0.25, 0.3) is 0 Å². The highest BCUT2D eigenvalue weighted by molar-refractivity contribution is 8.01. The molecule has 2 aliphatic rings. The topological polar surface area (TPSA) is 25.8 Å². The van der Waals surface area contributed by atoms with E-state index in [0.29, 0.717) is 9.90 Å². The first-order chi connectivity index (χ1) is 6.19. The van der Waals surface area contributed by atoms with Crippen molar-refractivity contribution >= 4 is 35.0 Å². The predicted octanol–water partition coefficient (Wildman–Crippen LogP) is 2.96. The van der Waals surface area contributed by atoms with Crippen molar-refractivity contribution in [1.29, 1.82) is 0 Å². The van der Waals surface area contributed by atoms with Crippen molar-refractivity contribution in [2.45, 2.75) is 28.9 Å². The van der Waals surface area contributed by atoms with Crippen LogP contribution >= 0.6 is 35.0 Å². The Morgan fingerprint density at radius 1 is 1.23 bits per heavy atom. The molecule has 5 heteroatoms. The Balaban J connectivity index is 2.12. The standard InChI is InChI=1S/C8H6Cl2N2S/c9-6-5-4(11-7(10)12-6)3-8(13-5)1-2-8/h1-3H2. The van der Waals surface area contributed by atoms with Crippen LogP contribution in [0, 0.1) is 0 Å². The maximum atomic E-state index is 5.97. The van der Waals surface area contributed by atoms with Gasteiger partial charge in [-0.05, 0) is 24.4 Å². The first kappa shape index (κ1) is 8.33. The summed E-state index contributed by atoms with van der Waals surface area (Å²) in [6.45, 7) is 0. The molecule has 0 saturated heterocycles. The summed E-state index contributed by atoms with van der Waals surface area (Å²) in [7, 11) is 0. The highest BCUT2D eigenvalue weighted by Crippen LogP contribution is 2.60. The minimum absolute atomic E-state index is 0.266. The molecule has 68 valence electrons. The van der Waals surface area contributed by atoms with E-state index in [4.69, 9.17) is 23.2 Å². The summed E-state index contributed by atoms with van der Waals surface area (Å²) >= 11 is 13.5. The molecule has 3 rings (SSSR count). The number of hydrogen-bond acceptors (Lipinski definition) is 3. The molecule has 1 spiro atoms. The second-order valence-corrected chi connectivity index (χ2v) is 5.70. The highest BCUT2D eigenvalue weighted by atomic mass is 35.5. The van der Waals surface area contributed by atoms with Crippen LogP contribution in [-0.4, -0.2) is 14.7 Å². The van der Waals surface area contributed by atoms with Crippen molar-refractivity contribution in [2.75, 3.05) is 0 Å². The van der Waals surface area contributed by atoms with Gasteiger partial charge in [-0.1, -0.05) is 11.6 Å². The molecule has 0 atom stereocenters. The molecule has 0 bridgehead atoms. The molecule has 1 saturated carbocycles. The molecule has 0 amide bonds. The Bertz CT molecular complexity index is 390. The average Bonchev–Trinajstić information content (AvgIpc) is 2.65. The minimum atomic E-state index is 0.266.